The molecule has 0 spiro atoms. The quantitative estimate of drug-likeness (QED) is 0.725. The van der Waals surface area contributed by atoms with Crippen molar-refractivity contribution in [2.24, 2.45) is 0 Å². The maximum Gasteiger partial charge on any atom is 0.356 e. The van der Waals surface area contributed by atoms with Gasteiger partial charge in [-0.05, 0) is 39.7 Å². The van der Waals surface area contributed by atoms with Gasteiger partial charge in [0.25, 0.3) is 0 Å². The highest BCUT2D eigenvalue weighted by Gasteiger charge is 2.31. The lowest BCUT2D eigenvalue weighted by atomic mass is 10.0. The van der Waals surface area contributed by atoms with E-state index in [0.29, 0.717) is 28.5 Å². The van der Waals surface area contributed by atoms with Gasteiger partial charge in [0.2, 0.25) is 0 Å². The molecule has 130 valence electrons. The number of hydrogen-bond donors (Lipinski definition) is 1. The van der Waals surface area contributed by atoms with Crippen LogP contribution in [0, 0.1) is 0 Å². The molecule has 2 heterocycles. The van der Waals surface area contributed by atoms with Crippen LogP contribution in [0.5, 0.6) is 11.5 Å². The third kappa shape index (κ3) is 2.96. The van der Waals surface area contributed by atoms with Crippen molar-refractivity contribution in [3.8, 4) is 22.8 Å². The van der Waals surface area contributed by atoms with Crippen LogP contribution in [0.15, 0.2) is 34.7 Å². The summed E-state index contributed by atoms with van der Waals surface area (Å²) in [5, 5.41) is 15.7. The lowest BCUT2D eigenvalue weighted by Crippen LogP contribution is -2.10. The second-order valence-corrected chi connectivity index (χ2v) is 6.71. The summed E-state index contributed by atoms with van der Waals surface area (Å²) in [7, 11) is 1.57. The molecule has 1 N–H and O–H groups in total. The van der Waals surface area contributed by atoms with E-state index in [2.05, 4.69) is 27.6 Å². The first-order valence-electron chi connectivity index (χ1n) is 7.23. The van der Waals surface area contributed by atoms with Crippen molar-refractivity contribution in [1.82, 2.24) is 9.78 Å². The Bertz CT molecular complexity index is 905. The first-order chi connectivity index (χ1) is 12.0. The largest absolute Gasteiger partial charge is 0.495 e. The van der Waals surface area contributed by atoms with E-state index in [0.717, 1.165) is 10.0 Å². The molecule has 0 aliphatic carbocycles. The Morgan fingerprint density at radius 2 is 2.32 bits per heavy atom. The Kier molecular flexibility index (Phi) is 4.91. The number of aromatic nitrogens is 2. The van der Waals surface area contributed by atoms with Gasteiger partial charge in [0.15, 0.2) is 5.69 Å². The van der Waals surface area contributed by atoms with Gasteiger partial charge in [-0.15, -0.1) is 11.8 Å². The molecule has 0 fully saturated rings. The standard InChI is InChI=1S/C17H15BrN2O4S/c1-4-9(8-25-3)20-16-10-5-12(18)14(23-2)6-13(10)24-7-11(16)15(19-20)17(21)22/h4-6,8H,1,7H2,2-3H3,(H,21,22)/b9-8+. The molecular formula is C17H15BrN2O4S. The number of aromatic carboxylic acids is 1. The molecule has 3 rings (SSSR count). The number of thioether (sulfide) groups is 1. The summed E-state index contributed by atoms with van der Waals surface area (Å²) in [4.78, 5) is 11.6. The average molecular weight is 423 g/mol. The third-order valence-electron chi connectivity index (χ3n) is 3.76. The van der Waals surface area contributed by atoms with E-state index in [1.807, 2.05) is 17.7 Å². The molecule has 25 heavy (non-hydrogen) atoms. The zero-order valence-corrected chi connectivity index (χ0v) is 16.0. The van der Waals surface area contributed by atoms with E-state index in [1.54, 1.807) is 23.9 Å². The van der Waals surface area contributed by atoms with Crippen LogP contribution < -0.4 is 9.47 Å². The molecule has 0 unspecified atom stereocenters. The summed E-state index contributed by atoms with van der Waals surface area (Å²) in [5.74, 6) is 0.149. The summed E-state index contributed by atoms with van der Waals surface area (Å²) < 4.78 is 13.4. The van der Waals surface area contributed by atoms with Gasteiger partial charge in [0.05, 0.1) is 28.5 Å². The van der Waals surface area contributed by atoms with Crippen LogP contribution >= 0.6 is 27.7 Å². The predicted molar refractivity (Wildman–Crippen MR) is 101 cm³/mol. The van der Waals surface area contributed by atoms with Crippen molar-refractivity contribution in [2.45, 2.75) is 6.61 Å². The minimum absolute atomic E-state index is 0.0264. The molecule has 0 saturated carbocycles. The lowest BCUT2D eigenvalue weighted by molar-refractivity contribution is 0.0687. The molecule has 0 bridgehead atoms. The molecule has 1 aromatic carbocycles. The lowest BCUT2D eigenvalue weighted by Gasteiger charge is -2.21. The molecule has 1 aromatic heterocycles. The van der Waals surface area contributed by atoms with Crippen LogP contribution in [0.25, 0.3) is 17.0 Å². The topological polar surface area (TPSA) is 73.6 Å². The molecule has 8 heteroatoms. The van der Waals surface area contributed by atoms with Gasteiger partial charge in [0.1, 0.15) is 18.1 Å². The van der Waals surface area contributed by atoms with Crippen LogP contribution in [0.1, 0.15) is 16.1 Å². The van der Waals surface area contributed by atoms with Crippen LogP contribution in [0.3, 0.4) is 0 Å². The van der Waals surface area contributed by atoms with Crippen LogP contribution in [-0.2, 0) is 6.61 Å². The number of methoxy groups -OCH3 is 1. The van der Waals surface area contributed by atoms with E-state index in [-0.39, 0.29) is 12.3 Å². The molecule has 2 aromatic rings. The number of ether oxygens (including phenoxy) is 2. The molecular weight excluding hydrogens is 408 g/mol. The normalized spacial score (nSPS) is 12.8. The fraction of sp³-hybridized carbons (Fsp3) is 0.176. The summed E-state index contributed by atoms with van der Waals surface area (Å²) >= 11 is 4.95. The first kappa shape index (κ1) is 17.6. The maximum atomic E-state index is 11.6. The number of halogens is 1. The highest BCUT2D eigenvalue weighted by molar-refractivity contribution is 9.10. The predicted octanol–water partition coefficient (Wildman–Crippen LogP) is 4.26. The monoisotopic (exact) mass is 422 g/mol. The Labute approximate surface area is 157 Å². The Balaban J connectivity index is 2.33. The van der Waals surface area contributed by atoms with E-state index in [4.69, 9.17) is 9.47 Å². The third-order valence-corrected chi connectivity index (χ3v) is 4.86. The number of carboxylic acid groups (broad SMARTS) is 1. The fourth-order valence-electron chi connectivity index (χ4n) is 2.67. The second kappa shape index (κ2) is 6.97. The summed E-state index contributed by atoms with van der Waals surface area (Å²) in [6.07, 6.45) is 3.55. The van der Waals surface area contributed by atoms with Crippen molar-refractivity contribution in [2.75, 3.05) is 13.4 Å². The fourth-order valence-corrected chi connectivity index (χ4v) is 3.62. The first-order valence-corrected chi connectivity index (χ1v) is 9.31. The van der Waals surface area contributed by atoms with Crippen LogP contribution in [0.2, 0.25) is 0 Å². The number of carboxylic acids is 1. The number of nitrogens with zero attached hydrogens (tertiary/aromatic N) is 2. The van der Waals surface area contributed by atoms with E-state index >= 15 is 0 Å². The number of fused-ring (bicyclic) bond motifs is 3. The van der Waals surface area contributed by atoms with Crippen molar-refractivity contribution in [3.63, 3.8) is 0 Å². The Hall–Kier alpha value is -2.19. The number of benzene rings is 1. The van der Waals surface area contributed by atoms with E-state index in [9.17, 15) is 9.90 Å². The summed E-state index contributed by atoms with van der Waals surface area (Å²) in [6.45, 7) is 3.93. The SMILES string of the molecule is C=C/C(=C\SC)n1nc(C(=O)O)c2c1-c1cc(Br)c(OC)cc1OC2. The summed E-state index contributed by atoms with van der Waals surface area (Å²) in [5.41, 5.74) is 2.62. The van der Waals surface area contributed by atoms with Gasteiger partial charge in [-0.3, -0.25) is 0 Å². The van der Waals surface area contributed by atoms with Gasteiger partial charge in [-0.25, -0.2) is 9.48 Å². The minimum Gasteiger partial charge on any atom is -0.495 e. The average Bonchev–Trinajstić information content (AvgIpc) is 2.99. The van der Waals surface area contributed by atoms with Crippen LogP contribution in [-0.4, -0.2) is 34.2 Å². The molecule has 0 saturated heterocycles. The smallest absolute Gasteiger partial charge is 0.356 e. The van der Waals surface area contributed by atoms with Crippen LogP contribution in [0.4, 0.5) is 0 Å². The molecule has 6 nitrogen and oxygen atoms in total. The van der Waals surface area contributed by atoms with E-state index < -0.39 is 5.97 Å². The molecule has 0 radical (unpaired) electrons. The molecule has 0 amide bonds. The number of hydrogen-bond acceptors (Lipinski definition) is 5. The Morgan fingerprint density at radius 1 is 1.56 bits per heavy atom. The van der Waals surface area contributed by atoms with Crippen molar-refractivity contribution in [3.05, 3.63) is 45.9 Å². The highest BCUT2D eigenvalue weighted by atomic mass is 79.9. The zero-order chi connectivity index (χ0) is 18.1. The Morgan fingerprint density at radius 3 is 2.92 bits per heavy atom. The highest BCUT2D eigenvalue weighted by Crippen LogP contribution is 2.44. The number of rotatable bonds is 5. The number of carbonyl (C=O) groups is 1. The molecule has 1 aliphatic heterocycles. The van der Waals surface area contributed by atoms with Crippen molar-refractivity contribution < 1.29 is 19.4 Å². The molecule has 0 atom stereocenters. The second-order valence-electron chi connectivity index (χ2n) is 5.15. The summed E-state index contributed by atoms with van der Waals surface area (Å²) in [6, 6.07) is 3.61. The minimum atomic E-state index is -1.10. The van der Waals surface area contributed by atoms with Gasteiger partial charge in [-0.2, -0.15) is 5.10 Å². The van der Waals surface area contributed by atoms with Gasteiger partial charge >= 0.3 is 5.97 Å². The van der Waals surface area contributed by atoms with Gasteiger partial charge in [0, 0.05) is 11.6 Å². The van der Waals surface area contributed by atoms with Gasteiger partial charge < -0.3 is 14.6 Å². The number of allylic oxidation sites excluding steroid dienone is 2. The molecule has 1 aliphatic rings. The van der Waals surface area contributed by atoms with Crippen molar-refractivity contribution >= 4 is 39.4 Å². The maximum absolute atomic E-state index is 11.6. The van der Waals surface area contributed by atoms with E-state index in [1.165, 1.54) is 11.8 Å². The zero-order valence-electron chi connectivity index (χ0n) is 13.6. The van der Waals surface area contributed by atoms with Crippen molar-refractivity contribution in [1.29, 1.82) is 0 Å². The van der Waals surface area contributed by atoms with Gasteiger partial charge in [-0.1, -0.05) is 6.58 Å².